The topological polar surface area (TPSA) is 38.7 Å². The highest BCUT2D eigenvalue weighted by molar-refractivity contribution is 5.30. The molecule has 0 aromatic heterocycles. The van der Waals surface area contributed by atoms with E-state index in [0.717, 1.165) is 18.6 Å². The zero-order chi connectivity index (χ0) is 21.4. The molecule has 1 N–H and O–H groups in total. The minimum atomic E-state index is -0.267. The summed E-state index contributed by atoms with van der Waals surface area (Å²) in [6.07, 6.45) is 4.39. The number of rotatable bonds is 10. The van der Waals surface area contributed by atoms with Gasteiger partial charge in [-0.2, -0.15) is 0 Å². The predicted octanol–water partition coefficient (Wildman–Crippen LogP) is 7.26. The van der Waals surface area contributed by atoms with Gasteiger partial charge in [-0.3, -0.25) is 0 Å². The Bertz CT molecular complexity index is 713. The standard InChI is InChI=1S/C26H38O3/c1-7-20(22-11-15-23(27)16-12-22)10-8-9-19(2)21-13-17-24(18-14-21)29-25(28-6)26(3,4)5/h11-20,25,27H,7-10H2,1-6H3. The fourth-order valence-electron chi connectivity index (χ4n) is 3.77. The molecular weight excluding hydrogens is 360 g/mol. The molecule has 2 rings (SSSR count). The van der Waals surface area contributed by atoms with Crippen LogP contribution in [0.3, 0.4) is 0 Å². The summed E-state index contributed by atoms with van der Waals surface area (Å²) in [5, 5.41) is 9.49. The number of ether oxygens (including phenoxy) is 2. The molecule has 0 aliphatic carbocycles. The molecule has 29 heavy (non-hydrogen) atoms. The zero-order valence-electron chi connectivity index (χ0n) is 18.9. The molecule has 3 heteroatoms. The second-order valence-electron chi connectivity index (χ2n) is 9.15. The molecule has 3 unspecified atom stereocenters. The van der Waals surface area contributed by atoms with Crippen LogP contribution in [0, 0.1) is 5.41 Å². The summed E-state index contributed by atoms with van der Waals surface area (Å²) in [5.74, 6) is 2.26. The van der Waals surface area contributed by atoms with Gasteiger partial charge in [0.25, 0.3) is 0 Å². The third kappa shape index (κ3) is 7.08. The van der Waals surface area contributed by atoms with Crippen LogP contribution in [-0.4, -0.2) is 18.5 Å². The van der Waals surface area contributed by atoms with E-state index < -0.39 is 0 Å². The lowest BCUT2D eigenvalue weighted by atomic mass is 9.88. The molecule has 0 aliphatic heterocycles. The largest absolute Gasteiger partial charge is 0.508 e. The lowest BCUT2D eigenvalue weighted by Gasteiger charge is -2.29. The van der Waals surface area contributed by atoms with Crippen molar-refractivity contribution in [3.8, 4) is 11.5 Å². The van der Waals surface area contributed by atoms with Crippen molar-refractivity contribution in [2.75, 3.05) is 7.11 Å². The van der Waals surface area contributed by atoms with E-state index >= 15 is 0 Å². The van der Waals surface area contributed by atoms with E-state index in [1.165, 1.54) is 24.0 Å². The second-order valence-corrected chi connectivity index (χ2v) is 9.15. The Morgan fingerprint density at radius 2 is 1.48 bits per heavy atom. The van der Waals surface area contributed by atoms with Crippen LogP contribution in [-0.2, 0) is 4.74 Å². The van der Waals surface area contributed by atoms with E-state index in [-0.39, 0.29) is 11.7 Å². The summed E-state index contributed by atoms with van der Waals surface area (Å²) in [6, 6.07) is 16.1. The number of hydrogen-bond acceptors (Lipinski definition) is 3. The first kappa shape index (κ1) is 23.3. The first-order valence-corrected chi connectivity index (χ1v) is 10.8. The average Bonchev–Trinajstić information content (AvgIpc) is 2.69. The van der Waals surface area contributed by atoms with Crippen molar-refractivity contribution in [3.63, 3.8) is 0 Å². The minimum Gasteiger partial charge on any atom is -0.508 e. The van der Waals surface area contributed by atoms with Crippen molar-refractivity contribution >= 4 is 0 Å². The summed E-state index contributed by atoms with van der Waals surface area (Å²) >= 11 is 0. The van der Waals surface area contributed by atoms with Crippen LogP contribution in [0.2, 0.25) is 0 Å². The average molecular weight is 399 g/mol. The van der Waals surface area contributed by atoms with Crippen LogP contribution in [0.1, 0.15) is 83.3 Å². The lowest BCUT2D eigenvalue weighted by molar-refractivity contribution is -0.120. The van der Waals surface area contributed by atoms with Crippen molar-refractivity contribution in [1.82, 2.24) is 0 Å². The van der Waals surface area contributed by atoms with E-state index in [4.69, 9.17) is 9.47 Å². The Balaban J connectivity index is 1.87. The first-order chi connectivity index (χ1) is 13.7. The highest BCUT2D eigenvalue weighted by Gasteiger charge is 2.26. The third-order valence-corrected chi connectivity index (χ3v) is 5.66. The van der Waals surface area contributed by atoms with Gasteiger partial charge in [0.15, 0.2) is 0 Å². The van der Waals surface area contributed by atoms with E-state index in [1.807, 2.05) is 0 Å². The number of phenolic OH excluding ortho intramolecular Hbond substituents is 1. The fraction of sp³-hybridized carbons (Fsp3) is 0.538. The van der Waals surface area contributed by atoms with Crippen molar-refractivity contribution in [3.05, 3.63) is 59.7 Å². The van der Waals surface area contributed by atoms with E-state index in [1.54, 1.807) is 19.2 Å². The highest BCUT2D eigenvalue weighted by atomic mass is 16.7. The summed E-state index contributed by atoms with van der Waals surface area (Å²) in [6.45, 7) is 10.9. The quantitative estimate of drug-likeness (QED) is 0.428. The molecule has 0 saturated heterocycles. The Morgan fingerprint density at radius 1 is 0.897 bits per heavy atom. The summed E-state index contributed by atoms with van der Waals surface area (Å²) in [7, 11) is 1.69. The normalized spacial score (nSPS) is 15.0. The van der Waals surface area contributed by atoms with Crippen LogP contribution < -0.4 is 4.74 Å². The molecular formula is C26H38O3. The van der Waals surface area contributed by atoms with Gasteiger partial charge in [0.2, 0.25) is 6.29 Å². The SMILES string of the molecule is CCC(CCCC(C)c1ccc(OC(OC)C(C)(C)C)cc1)c1ccc(O)cc1. The first-order valence-electron chi connectivity index (χ1n) is 10.8. The van der Waals surface area contributed by atoms with Crippen LogP contribution in [0.4, 0.5) is 0 Å². The molecule has 3 atom stereocenters. The molecule has 2 aromatic carbocycles. The molecule has 2 aromatic rings. The Labute approximate surface area is 177 Å². The Hall–Kier alpha value is -2.00. The van der Waals surface area contributed by atoms with Gasteiger partial charge < -0.3 is 14.6 Å². The maximum Gasteiger partial charge on any atom is 0.204 e. The van der Waals surface area contributed by atoms with Crippen molar-refractivity contribution in [2.45, 2.75) is 78.4 Å². The van der Waals surface area contributed by atoms with Gasteiger partial charge in [0, 0.05) is 12.5 Å². The summed E-state index contributed by atoms with van der Waals surface area (Å²) in [4.78, 5) is 0. The van der Waals surface area contributed by atoms with Crippen LogP contribution >= 0.6 is 0 Å². The monoisotopic (exact) mass is 398 g/mol. The van der Waals surface area contributed by atoms with Crippen molar-refractivity contribution in [2.24, 2.45) is 5.41 Å². The van der Waals surface area contributed by atoms with E-state index in [0.29, 0.717) is 17.6 Å². The fourth-order valence-corrected chi connectivity index (χ4v) is 3.77. The predicted molar refractivity (Wildman–Crippen MR) is 121 cm³/mol. The van der Waals surface area contributed by atoms with Crippen LogP contribution in [0.5, 0.6) is 11.5 Å². The molecule has 0 fully saturated rings. The summed E-state index contributed by atoms with van der Waals surface area (Å²) < 4.78 is 11.5. The highest BCUT2D eigenvalue weighted by Crippen LogP contribution is 2.31. The lowest BCUT2D eigenvalue weighted by Crippen LogP contribution is -2.33. The zero-order valence-corrected chi connectivity index (χ0v) is 18.9. The molecule has 0 radical (unpaired) electrons. The number of aromatic hydroxyl groups is 1. The number of methoxy groups -OCH3 is 1. The van der Waals surface area contributed by atoms with Crippen LogP contribution in [0.25, 0.3) is 0 Å². The number of hydrogen-bond donors (Lipinski definition) is 1. The van der Waals surface area contributed by atoms with Crippen LogP contribution in [0.15, 0.2) is 48.5 Å². The summed E-state index contributed by atoms with van der Waals surface area (Å²) in [5.41, 5.74) is 2.60. The molecule has 0 saturated carbocycles. The molecule has 0 heterocycles. The van der Waals surface area contributed by atoms with E-state index in [2.05, 4.69) is 71.0 Å². The van der Waals surface area contributed by atoms with Gasteiger partial charge in [0.05, 0.1) is 0 Å². The molecule has 0 spiro atoms. The Morgan fingerprint density at radius 3 is 2.00 bits per heavy atom. The van der Waals surface area contributed by atoms with Gasteiger partial charge >= 0.3 is 0 Å². The second kappa shape index (κ2) is 10.7. The smallest absolute Gasteiger partial charge is 0.204 e. The molecule has 0 bridgehead atoms. The molecule has 0 aliphatic rings. The van der Waals surface area contributed by atoms with Gasteiger partial charge in [-0.15, -0.1) is 0 Å². The number of benzene rings is 2. The maximum absolute atomic E-state index is 9.49. The molecule has 0 amide bonds. The molecule has 3 nitrogen and oxygen atoms in total. The van der Waals surface area contributed by atoms with Gasteiger partial charge in [-0.1, -0.05) is 65.3 Å². The van der Waals surface area contributed by atoms with Crippen molar-refractivity contribution in [1.29, 1.82) is 0 Å². The third-order valence-electron chi connectivity index (χ3n) is 5.66. The maximum atomic E-state index is 9.49. The van der Waals surface area contributed by atoms with Gasteiger partial charge in [-0.25, -0.2) is 0 Å². The minimum absolute atomic E-state index is 0.0754. The number of phenols is 1. The van der Waals surface area contributed by atoms with Gasteiger partial charge in [-0.05, 0) is 66.5 Å². The van der Waals surface area contributed by atoms with Gasteiger partial charge in [0.1, 0.15) is 11.5 Å². The Kier molecular flexibility index (Phi) is 8.58. The molecule has 160 valence electrons. The van der Waals surface area contributed by atoms with Crippen molar-refractivity contribution < 1.29 is 14.6 Å². The van der Waals surface area contributed by atoms with E-state index in [9.17, 15) is 5.11 Å².